The van der Waals surface area contributed by atoms with Gasteiger partial charge in [0.25, 0.3) is 0 Å². The highest BCUT2D eigenvalue weighted by Gasteiger charge is 2.40. The molecule has 1 saturated heterocycles. The second-order valence-corrected chi connectivity index (χ2v) is 4.75. The molecule has 1 amide bonds. The summed E-state index contributed by atoms with van der Waals surface area (Å²) in [6.07, 6.45) is 0.942. The number of amides is 1. The zero-order valence-electron chi connectivity index (χ0n) is 10.5. The van der Waals surface area contributed by atoms with Gasteiger partial charge in [-0.15, -0.1) is 0 Å². The minimum Gasteiger partial charge on any atom is -0.342 e. The first-order chi connectivity index (χ1) is 8.20. The molecule has 0 aromatic heterocycles. The van der Waals surface area contributed by atoms with Crippen LogP contribution in [0.15, 0.2) is 30.3 Å². The topological polar surface area (TPSA) is 32.3 Å². The molecule has 0 bridgehead atoms. The van der Waals surface area contributed by atoms with Gasteiger partial charge in [-0.05, 0) is 25.5 Å². The number of nitrogens with zero attached hydrogens (tertiary/aromatic N) is 1. The Morgan fingerprint density at radius 2 is 2.00 bits per heavy atom. The van der Waals surface area contributed by atoms with E-state index in [-0.39, 0.29) is 5.92 Å². The summed E-state index contributed by atoms with van der Waals surface area (Å²) in [6, 6.07) is 10.7. The third kappa shape index (κ3) is 2.67. The van der Waals surface area contributed by atoms with Crippen LogP contribution in [-0.4, -0.2) is 30.4 Å². The minimum absolute atomic E-state index is 0.225. The highest BCUT2D eigenvalue weighted by molar-refractivity contribution is 5.85. The van der Waals surface area contributed by atoms with Crippen molar-refractivity contribution in [2.75, 3.05) is 13.6 Å². The fourth-order valence-electron chi connectivity index (χ4n) is 2.31. The van der Waals surface area contributed by atoms with Crippen LogP contribution in [0.25, 0.3) is 0 Å². The molecule has 0 saturated carbocycles. The zero-order chi connectivity index (χ0) is 12.3. The van der Waals surface area contributed by atoms with Gasteiger partial charge >= 0.3 is 0 Å². The van der Waals surface area contributed by atoms with Crippen LogP contribution in [0.4, 0.5) is 0 Å². The largest absolute Gasteiger partial charge is 0.342 e. The second kappa shape index (κ2) is 5.32. The van der Waals surface area contributed by atoms with Gasteiger partial charge in [0.15, 0.2) is 0 Å². The van der Waals surface area contributed by atoms with Crippen LogP contribution in [0.5, 0.6) is 0 Å². The lowest BCUT2D eigenvalue weighted by Gasteiger charge is -2.43. The summed E-state index contributed by atoms with van der Waals surface area (Å²) in [5.74, 6) is 0.516. The van der Waals surface area contributed by atoms with E-state index in [2.05, 4.69) is 24.4 Å². The third-order valence-electron chi connectivity index (χ3n) is 3.66. The van der Waals surface area contributed by atoms with Crippen molar-refractivity contribution in [1.82, 2.24) is 10.2 Å². The summed E-state index contributed by atoms with van der Waals surface area (Å²) < 4.78 is 0. The quantitative estimate of drug-likeness (QED) is 0.618. The lowest BCUT2D eigenvalue weighted by atomic mass is 9.86. The Kier molecular flexibility index (Phi) is 3.79. The molecule has 1 N–H and O–H groups in total. The van der Waals surface area contributed by atoms with Crippen molar-refractivity contribution in [2.24, 2.45) is 5.92 Å². The van der Waals surface area contributed by atoms with E-state index in [0.29, 0.717) is 11.9 Å². The molecule has 0 spiro atoms. The maximum Gasteiger partial charge on any atom is 0.227 e. The highest BCUT2D eigenvalue weighted by Crippen LogP contribution is 2.26. The Balaban J connectivity index is 1.66. The smallest absolute Gasteiger partial charge is 0.227 e. The van der Waals surface area contributed by atoms with Crippen molar-refractivity contribution in [3.05, 3.63) is 35.9 Å². The maximum absolute atomic E-state index is 11.5. The average molecular weight is 232 g/mol. The maximum atomic E-state index is 11.5. The highest BCUT2D eigenvalue weighted by atomic mass is 16.2. The molecule has 1 aliphatic rings. The van der Waals surface area contributed by atoms with E-state index in [1.54, 1.807) is 0 Å². The molecule has 0 radical (unpaired) electrons. The summed E-state index contributed by atoms with van der Waals surface area (Å²) in [5.41, 5.74) is 1.29. The molecule has 3 heteroatoms. The monoisotopic (exact) mass is 232 g/mol. The van der Waals surface area contributed by atoms with E-state index in [4.69, 9.17) is 0 Å². The lowest BCUT2D eigenvalue weighted by molar-refractivity contribution is -0.152. The summed E-state index contributed by atoms with van der Waals surface area (Å²) in [5, 5.41) is 3.39. The Morgan fingerprint density at radius 3 is 2.65 bits per heavy atom. The molecule has 1 heterocycles. The van der Waals surface area contributed by atoms with Gasteiger partial charge in [-0.3, -0.25) is 4.79 Å². The number of benzene rings is 1. The number of carbonyl (C=O) groups excluding carboxylic acids is 1. The first kappa shape index (κ1) is 12.1. The van der Waals surface area contributed by atoms with E-state index in [9.17, 15) is 4.79 Å². The molecule has 17 heavy (non-hydrogen) atoms. The van der Waals surface area contributed by atoms with Gasteiger partial charge in [0.2, 0.25) is 5.91 Å². The predicted molar refractivity (Wildman–Crippen MR) is 68.5 cm³/mol. The number of hydrogen-bond acceptors (Lipinski definition) is 2. The normalized spacial score (nSPS) is 23.6. The Labute approximate surface area is 103 Å². The van der Waals surface area contributed by atoms with Crippen LogP contribution in [0.3, 0.4) is 0 Å². The number of likely N-dealkylation sites (tertiary alicyclic amines) is 1. The van der Waals surface area contributed by atoms with E-state index < -0.39 is 0 Å². The molecule has 92 valence electrons. The molecule has 1 aromatic rings. The lowest BCUT2D eigenvalue weighted by Crippen LogP contribution is -2.57. The number of nitrogens with one attached hydrogen (secondary N) is 1. The van der Waals surface area contributed by atoms with Crippen molar-refractivity contribution in [3.63, 3.8) is 0 Å². The van der Waals surface area contributed by atoms with Crippen molar-refractivity contribution in [2.45, 2.75) is 25.9 Å². The molecule has 2 atom stereocenters. The molecule has 0 aliphatic carbocycles. The number of rotatable bonds is 5. The molecule has 0 unspecified atom stereocenters. The van der Waals surface area contributed by atoms with Crippen molar-refractivity contribution < 1.29 is 4.79 Å². The Hall–Kier alpha value is -1.35. The van der Waals surface area contributed by atoms with Crippen LogP contribution in [-0.2, 0) is 11.3 Å². The third-order valence-corrected chi connectivity index (χ3v) is 3.66. The molecule has 3 nitrogen and oxygen atoms in total. The second-order valence-electron chi connectivity index (χ2n) is 4.75. The molecule has 2 rings (SSSR count). The van der Waals surface area contributed by atoms with Gasteiger partial charge in [0.05, 0.1) is 5.92 Å². The Morgan fingerprint density at radius 1 is 1.29 bits per heavy atom. The number of carbonyl (C=O) groups is 1. The van der Waals surface area contributed by atoms with Crippen molar-refractivity contribution >= 4 is 5.91 Å². The zero-order valence-corrected chi connectivity index (χ0v) is 10.5. The van der Waals surface area contributed by atoms with E-state index in [1.165, 1.54) is 5.56 Å². The minimum atomic E-state index is 0.225. The van der Waals surface area contributed by atoms with Gasteiger partial charge in [-0.1, -0.05) is 30.3 Å². The first-order valence-electron chi connectivity index (χ1n) is 6.21. The standard InChI is InChI=1S/C14H20N2O/c1-11-13(14(17)16(11)2)8-9-15-10-12-6-4-3-5-7-12/h3-7,11,13,15H,8-10H2,1-2H3/t11-,13-/m0/s1. The predicted octanol–water partition coefficient (Wildman–Crippen LogP) is 1.64. The van der Waals surface area contributed by atoms with Crippen LogP contribution in [0.2, 0.25) is 0 Å². The van der Waals surface area contributed by atoms with E-state index in [1.807, 2.05) is 30.1 Å². The number of β-lactam (4-membered cyclic amide) rings is 1. The van der Waals surface area contributed by atoms with E-state index >= 15 is 0 Å². The van der Waals surface area contributed by atoms with Gasteiger partial charge in [0.1, 0.15) is 0 Å². The number of hydrogen-bond donors (Lipinski definition) is 1. The van der Waals surface area contributed by atoms with Crippen molar-refractivity contribution in [3.8, 4) is 0 Å². The molecule has 1 aliphatic heterocycles. The van der Waals surface area contributed by atoms with Crippen LogP contribution >= 0.6 is 0 Å². The first-order valence-corrected chi connectivity index (χ1v) is 6.21. The fraction of sp³-hybridized carbons (Fsp3) is 0.500. The summed E-state index contributed by atoms with van der Waals surface area (Å²) >= 11 is 0. The molecule has 1 aromatic carbocycles. The summed E-state index contributed by atoms with van der Waals surface area (Å²) in [7, 11) is 1.88. The fourth-order valence-corrected chi connectivity index (χ4v) is 2.31. The van der Waals surface area contributed by atoms with Crippen LogP contribution in [0, 0.1) is 5.92 Å². The van der Waals surface area contributed by atoms with Gasteiger partial charge < -0.3 is 10.2 Å². The average Bonchev–Trinajstić information content (AvgIpc) is 2.38. The SMILES string of the molecule is C[C@H]1[C@H](CCNCc2ccccc2)C(=O)N1C. The Bertz CT molecular complexity index is 377. The van der Waals surface area contributed by atoms with Gasteiger partial charge in [-0.2, -0.15) is 0 Å². The molecular formula is C14H20N2O. The molecular weight excluding hydrogens is 212 g/mol. The van der Waals surface area contributed by atoms with Crippen LogP contribution in [0.1, 0.15) is 18.9 Å². The van der Waals surface area contributed by atoms with Crippen molar-refractivity contribution in [1.29, 1.82) is 0 Å². The van der Waals surface area contributed by atoms with Crippen LogP contribution < -0.4 is 5.32 Å². The van der Waals surface area contributed by atoms with Gasteiger partial charge in [0, 0.05) is 19.6 Å². The summed E-state index contributed by atoms with van der Waals surface area (Å²) in [4.78, 5) is 13.4. The summed E-state index contributed by atoms with van der Waals surface area (Å²) in [6.45, 7) is 3.90. The van der Waals surface area contributed by atoms with Gasteiger partial charge in [-0.25, -0.2) is 0 Å². The molecule has 1 fully saturated rings. The van der Waals surface area contributed by atoms with E-state index in [0.717, 1.165) is 19.5 Å².